The Kier molecular flexibility index (Phi) is 4.24. The van der Waals surface area contributed by atoms with Crippen molar-refractivity contribution in [2.75, 3.05) is 5.32 Å². The Bertz CT molecular complexity index is 374. The van der Waals surface area contributed by atoms with E-state index >= 15 is 0 Å². The quantitative estimate of drug-likeness (QED) is 0.894. The number of halogens is 3. The first-order valence-electron chi connectivity index (χ1n) is 4.14. The third-order valence-corrected chi connectivity index (χ3v) is 2.87. The molecule has 0 bridgehead atoms. The molecule has 1 aromatic heterocycles. The van der Waals surface area contributed by atoms with Crippen LogP contribution < -0.4 is 5.32 Å². The summed E-state index contributed by atoms with van der Waals surface area (Å²) in [7, 11) is 0. The number of anilines is 1. The number of hydrogen-bond donors (Lipinski definition) is 1. The lowest BCUT2D eigenvalue weighted by Crippen LogP contribution is -2.18. The van der Waals surface area contributed by atoms with Crippen LogP contribution >= 0.6 is 22.9 Å². The predicted molar refractivity (Wildman–Crippen MR) is 55.5 cm³/mol. The third kappa shape index (κ3) is 3.61. The number of hydrogen-bond acceptors (Lipinski definition) is 4. The van der Waals surface area contributed by atoms with E-state index in [0.717, 1.165) is 11.3 Å². The molecule has 1 atom stereocenters. The molecule has 1 N–H and O–H groups in total. The Morgan fingerprint density at radius 3 is 2.80 bits per heavy atom. The Morgan fingerprint density at radius 1 is 1.67 bits per heavy atom. The fourth-order valence-electron chi connectivity index (χ4n) is 0.969. The lowest BCUT2D eigenvalue weighted by atomic mass is 10.2. The number of alkyl halides is 2. The average Bonchev–Trinajstić information content (AvgIpc) is 2.44. The maximum atomic E-state index is 12.0. The van der Waals surface area contributed by atoms with Crippen LogP contribution in [0.3, 0.4) is 0 Å². The number of nitriles is 1. The van der Waals surface area contributed by atoms with Crippen LogP contribution in [0, 0.1) is 11.3 Å². The molecule has 0 radical (unpaired) electrons. The second-order valence-electron chi connectivity index (χ2n) is 2.92. The molecule has 1 rings (SSSR count). The molecule has 7 heteroatoms. The molecule has 0 spiro atoms. The summed E-state index contributed by atoms with van der Waals surface area (Å²) < 4.78 is 24.0. The molecular formula is C8H8ClF2N3S. The second-order valence-corrected chi connectivity index (χ2v) is 4.28. The summed E-state index contributed by atoms with van der Waals surface area (Å²) in [6.45, 7) is 1.62. The zero-order chi connectivity index (χ0) is 11.4. The van der Waals surface area contributed by atoms with Crippen LogP contribution in [-0.2, 0) is 0 Å². The van der Waals surface area contributed by atoms with Gasteiger partial charge in [-0.2, -0.15) is 5.26 Å². The van der Waals surface area contributed by atoms with Crippen molar-refractivity contribution in [3.8, 4) is 6.07 Å². The second kappa shape index (κ2) is 5.24. The van der Waals surface area contributed by atoms with Gasteiger partial charge in [0.05, 0.1) is 0 Å². The van der Waals surface area contributed by atoms with Crippen LogP contribution in [0.15, 0.2) is 0 Å². The highest BCUT2D eigenvalue weighted by molar-refractivity contribution is 7.16. The highest BCUT2D eigenvalue weighted by Crippen LogP contribution is 2.26. The maximum Gasteiger partial charge on any atom is 0.240 e. The average molecular weight is 252 g/mol. The van der Waals surface area contributed by atoms with Gasteiger partial charge in [0.2, 0.25) is 6.43 Å². The zero-order valence-electron chi connectivity index (χ0n) is 7.80. The lowest BCUT2D eigenvalue weighted by Gasteiger charge is -2.11. The molecule has 3 nitrogen and oxygen atoms in total. The summed E-state index contributed by atoms with van der Waals surface area (Å²) >= 11 is 6.68. The SMILES string of the molecule is CC(CC(F)F)Nc1nc(Cl)c(C#N)s1. The van der Waals surface area contributed by atoms with Crippen molar-refractivity contribution in [2.24, 2.45) is 0 Å². The van der Waals surface area contributed by atoms with Gasteiger partial charge < -0.3 is 5.32 Å². The highest BCUT2D eigenvalue weighted by Gasteiger charge is 2.13. The smallest absolute Gasteiger partial charge is 0.240 e. The molecule has 0 fully saturated rings. The molecule has 0 aromatic carbocycles. The van der Waals surface area contributed by atoms with Gasteiger partial charge in [0.25, 0.3) is 0 Å². The molecule has 1 aromatic rings. The van der Waals surface area contributed by atoms with Crippen LogP contribution in [0.5, 0.6) is 0 Å². The first kappa shape index (κ1) is 12.1. The Balaban J connectivity index is 2.61. The van der Waals surface area contributed by atoms with Crippen molar-refractivity contribution in [1.82, 2.24) is 4.98 Å². The summed E-state index contributed by atoms with van der Waals surface area (Å²) in [5.74, 6) is 0. The van der Waals surface area contributed by atoms with Gasteiger partial charge in [-0.3, -0.25) is 0 Å². The van der Waals surface area contributed by atoms with Gasteiger partial charge in [0.15, 0.2) is 10.3 Å². The van der Waals surface area contributed by atoms with E-state index in [1.807, 2.05) is 6.07 Å². The molecule has 15 heavy (non-hydrogen) atoms. The van der Waals surface area contributed by atoms with Crippen molar-refractivity contribution in [3.05, 3.63) is 10.0 Å². The Morgan fingerprint density at radius 2 is 2.33 bits per heavy atom. The van der Waals surface area contributed by atoms with E-state index in [2.05, 4.69) is 10.3 Å². The van der Waals surface area contributed by atoms with Gasteiger partial charge >= 0.3 is 0 Å². The van der Waals surface area contributed by atoms with Crippen molar-refractivity contribution in [1.29, 1.82) is 5.26 Å². The van der Waals surface area contributed by atoms with Crippen molar-refractivity contribution >= 4 is 28.1 Å². The standard InChI is InChI=1S/C8H8ClF2N3S/c1-4(2-6(10)11)13-8-14-7(9)5(3-12)15-8/h4,6H,2H2,1H3,(H,13,14). The highest BCUT2D eigenvalue weighted by atomic mass is 35.5. The van der Waals surface area contributed by atoms with Crippen LogP contribution in [-0.4, -0.2) is 17.5 Å². The molecule has 0 saturated heterocycles. The lowest BCUT2D eigenvalue weighted by molar-refractivity contribution is 0.133. The Hall–Kier alpha value is -0.930. The first-order chi connectivity index (χ1) is 7.02. The molecule has 0 saturated carbocycles. The van der Waals surface area contributed by atoms with Crippen LogP contribution in [0.25, 0.3) is 0 Å². The fraction of sp³-hybridized carbons (Fsp3) is 0.500. The monoisotopic (exact) mass is 251 g/mol. The summed E-state index contributed by atoms with van der Waals surface area (Å²) in [6.07, 6.45) is -2.63. The van der Waals surface area contributed by atoms with Crippen molar-refractivity contribution in [2.45, 2.75) is 25.8 Å². The van der Waals surface area contributed by atoms with Gasteiger partial charge in [-0.15, -0.1) is 0 Å². The fourth-order valence-corrected chi connectivity index (χ4v) is 2.03. The maximum absolute atomic E-state index is 12.0. The molecular weight excluding hydrogens is 244 g/mol. The van der Waals surface area contributed by atoms with Gasteiger partial charge in [0.1, 0.15) is 10.9 Å². The summed E-state index contributed by atoms with van der Waals surface area (Å²) in [4.78, 5) is 4.12. The summed E-state index contributed by atoms with van der Waals surface area (Å²) in [5, 5.41) is 11.9. The van der Waals surface area contributed by atoms with E-state index < -0.39 is 12.5 Å². The van der Waals surface area contributed by atoms with E-state index in [1.165, 1.54) is 0 Å². The summed E-state index contributed by atoms with van der Waals surface area (Å²) in [5.41, 5.74) is 0. The largest absolute Gasteiger partial charge is 0.359 e. The summed E-state index contributed by atoms with van der Waals surface area (Å²) in [6, 6.07) is 1.46. The number of nitrogens with zero attached hydrogens (tertiary/aromatic N) is 2. The van der Waals surface area contributed by atoms with Crippen molar-refractivity contribution in [3.63, 3.8) is 0 Å². The predicted octanol–water partition coefficient (Wildman–Crippen LogP) is 3.12. The number of rotatable bonds is 4. The normalized spacial score (nSPS) is 12.5. The molecule has 0 aliphatic carbocycles. The van der Waals surface area contributed by atoms with Crippen molar-refractivity contribution < 1.29 is 8.78 Å². The number of nitrogens with one attached hydrogen (secondary N) is 1. The van der Waals surface area contributed by atoms with E-state index in [-0.39, 0.29) is 16.5 Å². The molecule has 1 unspecified atom stereocenters. The molecule has 0 aliphatic rings. The van der Waals surface area contributed by atoms with Gasteiger partial charge in [-0.1, -0.05) is 22.9 Å². The molecule has 1 heterocycles. The Labute approximate surface area is 94.7 Å². The van der Waals surface area contributed by atoms with Crippen LogP contribution in [0.1, 0.15) is 18.2 Å². The minimum Gasteiger partial charge on any atom is -0.359 e. The molecule has 0 amide bonds. The van der Waals surface area contributed by atoms with E-state index in [1.54, 1.807) is 6.92 Å². The van der Waals surface area contributed by atoms with Gasteiger partial charge in [0, 0.05) is 12.5 Å². The molecule has 0 aliphatic heterocycles. The number of aromatic nitrogens is 1. The minimum atomic E-state index is -2.36. The number of thiazole rings is 1. The van der Waals surface area contributed by atoms with E-state index in [9.17, 15) is 8.78 Å². The van der Waals surface area contributed by atoms with Gasteiger partial charge in [-0.05, 0) is 6.92 Å². The van der Waals surface area contributed by atoms with E-state index in [0.29, 0.717) is 5.13 Å². The van der Waals surface area contributed by atoms with E-state index in [4.69, 9.17) is 16.9 Å². The van der Waals surface area contributed by atoms with Crippen LogP contribution in [0.4, 0.5) is 13.9 Å². The topological polar surface area (TPSA) is 48.7 Å². The molecule has 82 valence electrons. The van der Waals surface area contributed by atoms with Crippen LogP contribution in [0.2, 0.25) is 5.15 Å². The first-order valence-corrected chi connectivity index (χ1v) is 5.33. The van der Waals surface area contributed by atoms with Gasteiger partial charge in [-0.25, -0.2) is 13.8 Å². The minimum absolute atomic E-state index is 0.106. The third-order valence-electron chi connectivity index (χ3n) is 1.59. The zero-order valence-corrected chi connectivity index (χ0v) is 9.37.